The minimum atomic E-state index is -0.428. The number of hydrogen-bond donors (Lipinski definition) is 2. The lowest BCUT2D eigenvalue weighted by Gasteiger charge is -2.42. The van der Waals surface area contributed by atoms with Gasteiger partial charge in [-0.1, -0.05) is 30.3 Å². The van der Waals surface area contributed by atoms with Crippen molar-refractivity contribution in [3.63, 3.8) is 0 Å². The molecule has 1 aliphatic carbocycles. The summed E-state index contributed by atoms with van der Waals surface area (Å²) in [6.45, 7) is 2.18. The predicted octanol–water partition coefficient (Wildman–Crippen LogP) is 1.83. The Morgan fingerprint density at radius 1 is 1.47 bits per heavy atom. The van der Waals surface area contributed by atoms with Crippen molar-refractivity contribution in [2.45, 2.75) is 38.0 Å². The summed E-state index contributed by atoms with van der Waals surface area (Å²) >= 11 is 0. The van der Waals surface area contributed by atoms with Crippen LogP contribution in [0.15, 0.2) is 30.3 Å². The van der Waals surface area contributed by atoms with Gasteiger partial charge >= 0.3 is 6.09 Å². The van der Waals surface area contributed by atoms with Gasteiger partial charge in [0.25, 0.3) is 0 Å². The largest absolute Gasteiger partial charge is 0.445 e. The molecule has 17 heavy (non-hydrogen) atoms. The molecule has 1 aromatic carbocycles. The number of aliphatic hydroxyl groups excluding tert-OH is 1. The molecule has 1 amide bonds. The van der Waals surface area contributed by atoms with Crippen molar-refractivity contribution in [3.05, 3.63) is 35.9 Å². The van der Waals surface area contributed by atoms with Crippen molar-refractivity contribution in [1.29, 1.82) is 0 Å². The third kappa shape index (κ3) is 3.20. The first-order chi connectivity index (χ1) is 8.07. The van der Waals surface area contributed by atoms with Crippen LogP contribution in [0.2, 0.25) is 0 Å². The summed E-state index contributed by atoms with van der Waals surface area (Å²) in [6, 6.07) is 9.53. The number of carbonyl (C=O) groups is 1. The Kier molecular flexibility index (Phi) is 3.33. The third-order valence-electron chi connectivity index (χ3n) is 2.99. The average molecular weight is 235 g/mol. The number of hydrogen-bond acceptors (Lipinski definition) is 3. The van der Waals surface area contributed by atoms with Crippen molar-refractivity contribution >= 4 is 6.09 Å². The molecule has 1 aromatic rings. The topological polar surface area (TPSA) is 58.6 Å². The molecule has 0 saturated heterocycles. The van der Waals surface area contributed by atoms with Crippen LogP contribution in [-0.4, -0.2) is 22.8 Å². The number of benzene rings is 1. The van der Waals surface area contributed by atoms with Gasteiger partial charge in [-0.05, 0) is 25.3 Å². The molecule has 1 fully saturated rings. The average Bonchev–Trinajstić information content (AvgIpc) is 2.26. The zero-order valence-electron chi connectivity index (χ0n) is 9.85. The summed E-state index contributed by atoms with van der Waals surface area (Å²) in [5.41, 5.74) is 0.647. The van der Waals surface area contributed by atoms with Crippen LogP contribution in [0.3, 0.4) is 0 Å². The van der Waals surface area contributed by atoms with E-state index in [1.165, 1.54) is 0 Å². The molecule has 0 unspecified atom stereocenters. The normalized spacial score (nSPS) is 27.1. The minimum Gasteiger partial charge on any atom is -0.445 e. The number of carbonyl (C=O) groups excluding carboxylic acids is 1. The highest BCUT2D eigenvalue weighted by Crippen LogP contribution is 2.31. The molecule has 2 rings (SSSR count). The summed E-state index contributed by atoms with van der Waals surface area (Å²) in [5.74, 6) is 0. The Bertz CT molecular complexity index is 385. The molecule has 0 aliphatic heterocycles. The van der Waals surface area contributed by atoms with Crippen LogP contribution in [0.1, 0.15) is 25.3 Å². The molecule has 4 nitrogen and oxygen atoms in total. The first kappa shape index (κ1) is 11.9. The van der Waals surface area contributed by atoms with E-state index in [9.17, 15) is 9.90 Å². The van der Waals surface area contributed by atoms with Crippen molar-refractivity contribution in [1.82, 2.24) is 5.32 Å². The van der Waals surface area contributed by atoms with E-state index in [-0.39, 0.29) is 18.2 Å². The summed E-state index contributed by atoms with van der Waals surface area (Å²) in [5, 5.41) is 12.0. The lowest BCUT2D eigenvalue weighted by atomic mass is 9.76. The maximum absolute atomic E-state index is 11.5. The van der Waals surface area contributed by atoms with Gasteiger partial charge in [-0.15, -0.1) is 0 Å². The van der Waals surface area contributed by atoms with Crippen LogP contribution >= 0.6 is 0 Å². The molecule has 1 saturated carbocycles. The highest BCUT2D eigenvalue weighted by atomic mass is 16.5. The van der Waals surface area contributed by atoms with Crippen LogP contribution in [0.25, 0.3) is 0 Å². The molecule has 0 radical (unpaired) electrons. The van der Waals surface area contributed by atoms with Crippen molar-refractivity contribution in [2.24, 2.45) is 0 Å². The quantitative estimate of drug-likeness (QED) is 0.840. The molecule has 2 N–H and O–H groups in total. The van der Waals surface area contributed by atoms with E-state index in [0.29, 0.717) is 12.8 Å². The number of ether oxygens (including phenoxy) is 1. The molecule has 0 spiro atoms. The second-order valence-electron chi connectivity index (χ2n) is 4.81. The molecule has 0 heterocycles. The fraction of sp³-hybridized carbons (Fsp3) is 0.462. The maximum Gasteiger partial charge on any atom is 0.407 e. The van der Waals surface area contributed by atoms with Crippen molar-refractivity contribution in [3.8, 4) is 0 Å². The Balaban J connectivity index is 1.75. The van der Waals surface area contributed by atoms with E-state index in [0.717, 1.165) is 5.56 Å². The van der Waals surface area contributed by atoms with Gasteiger partial charge in [0.15, 0.2) is 0 Å². The molecule has 4 heteroatoms. The standard InChI is InChI=1S/C13H17NO3/c1-13(7-11(15)8-13)14-12(16)17-9-10-5-3-2-4-6-10/h2-6,11,15H,7-9H2,1H3,(H,14,16). The molecule has 1 aliphatic rings. The second kappa shape index (κ2) is 4.75. The van der Waals surface area contributed by atoms with Gasteiger partial charge in [-0.25, -0.2) is 4.79 Å². The number of alkyl carbamates (subject to hydrolysis) is 1. The van der Waals surface area contributed by atoms with Crippen LogP contribution < -0.4 is 5.32 Å². The van der Waals surface area contributed by atoms with E-state index < -0.39 is 6.09 Å². The Morgan fingerprint density at radius 3 is 2.71 bits per heavy atom. The number of amides is 1. The Morgan fingerprint density at radius 2 is 2.12 bits per heavy atom. The molecular formula is C13H17NO3. The monoisotopic (exact) mass is 235 g/mol. The van der Waals surface area contributed by atoms with Crippen molar-refractivity contribution < 1.29 is 14.6 Å². The van der Waals surface area contributed by atoms with Gasteiger partial charge in [0.2, 0.25) is 0 Å². The highest BCUT2D eigenvalue weighted by molar-refractivity contribution is 5.68. The smallest absolute Gasteiger partial charge is 0.407 e. The van der Waals surface area contributed by atoms with Gasteiger partial charge < -0.3 is 15.2 Å². The number of nitrogens with one attached hydrogen (secondary N) is 1. The van der Waals surface area contributed by atoms with E-state index in [1.54, 1.807) is 0 Å². The SMILES string of the molecule is CC1(NC(=O)OCc2ccccc2)CC(O)C1. The molecule has 0 bridgehead atoms. The van der Waals surface area contributed by atoms with Gasteiger partial charge in [-0.3, -0.25) is 0 Å². The van der Waals surface area contributed by atoms with Gasteiger partial charge in [-0.2, -0.15) is 0 Å². The van der Waals surface area contributed by atoms with E-state index >= 15 is 0 Å². The maximum atomic E-state index is 11.5. The van der Waals surface area contributed by atoms with Gasteiger partial charge in [0, 0.05) is 5.54 Å². The second-order valence-corrected chi connectivity index (χ2v) is 4.81. The highest BCUT2D eigenvalue weighted by Gasteiger charge is 2.40. The third-order valence-corrected chi connectivity index (χ3v) is 2.99. The molecule has 92 valence electrons. The van der Waals surface area contributed by atoms with Crippen LogP contribution in [0.5, 0.6) is 0 Å². The zero-order chi connectivity index (χ0) is 12.3. The Hall–Kier alpha value is -1.55. The van der Waals surface area contributed by atoms with E-state index in [1.807, 2.05) is 37.3 Å². The summed E-state index contributed by atoms with van der Waals surface area (Å²) in [6.07, 6.45) is 0.457. The number of rotatable bonds is 3. The van der Waals surface area contributed by atoms with Gasteiger partial charge in [0.1, 0.15) is 6.61 Å². The lowest BCUT2D eigenvalue weighted by molar-refractivity contribution is 0.0100. The first-order valence-corrected chi connectivity index (χ1v) is 5.74. The minimum absolute atomic E-state index is 0.269. The zero-order valence-corrected chi connectivity index (χ0v) is 9.85. The van der Waals surface area contributed by atoms with Crippen LogP contribution in [-0.2, 0) is 11.3 Å². The van der Waals surface area contributed by atoms with E-state index in [2.05, 4.69) is 5.32 Å². The van der Waals surface area contributed by atoms with Crippen LogP contribution in [0, 0.1) is 0 Å². The summed E-state index contributed by atoms with van der Waals surface area (Å²) in [7, 11) is 0. The first-order valence-electron chi connectivity index (χ1n) is 5.74. The lowest BCUT2D eigenvalue weighted by Crippen LogP contribution is -2.57. The number of aliphatic hydroxyl groups is 1. The predicted molar refractivity (Wildman–Crippen MR) is 63.4 cm³/mol. The summed E-state index contributed by atoms with van der Waals surface area (Å²) in [4.78, 5) is 11.5. The molecule has 0 aromatic heterocycles. The van der Waals surface area contributed by atoms with Gasteiger partial charge in [0.05, 0.1) is 6.10 Å². The Labute approximate surface area is 101 Å². The fourth-order valence-corrected chi connectivity index (χ4v) is 2.09. The fourth-order valence-electron chi connectivity index (χ4n) is 2.09. The van der Waals surface area contributed by atoms with Crippen LogP contribution in [0.4, 0.5) is 4.79 Å². The molecule has 0 atom stereocenters. The van der Waals surface area contributed by atoms with Crippen molar-refractivity contribution in [2.75, 3.05) is 0 Å². The molecular weight excluding hydrogens is 218 g/mol. The summed E-state index contributed by atoms with van der Waals surface area (Å²) < 4.78 is 5.10. The van der Waals surface area contributed by atoms with E-state index in [4.69, 9.17) is 4.74 Å².